The number of nitrogens with zero attached hydrogens (tertiary/aromatic N) is 2. The van der Waals surface area contributed by atoms with Gasteiger partial charge in [0, 0.05) is 69.4 Å². The van der Waals surface area contributed by atoms with E-state index in [1.54, 1.807) is 38.1 Å². The molecule has 1 aliphatic carbocycles. The lowest BCUT2D eigenvalue weighted by Gasteiger charge is -2.36. The van der Waals surface area contributed by atoms with Gasteiger partial charge in [-0.05, 0) is 56.7 Å². The zero-order valence-corrected chi connectivity index (χ0v) is 41.1. The summed E-state index contributed by atoms with van der Waals surface area (Å²) < 4.78 is 45.7. The Labute approximate surface area is 393 Å². The number of hydrogen-bond donors (Lipinski definition) is 2. The molecule has 15 nitrogen and oxygen atoms in total. The van der Waals surface area contributed by atoms with Crippen LogP contribution in [0.25, 0.3) is 33.3 Å². The number of carbonyl (C=O) groups excluding carboxylic acids is 3. The number of aliphatic hydroxyl groups excluding tert-OH is 1. The van der Waals surface area contributed by atoms with Gasteiger partial charge in [0.25, 0.3) is 11.7 Å². The first-order chi connectivity index (χ1) is 32.0. The van der Waals surface area contributed by atoms with Crippen LogP contribution < -0.4 is 25.0 Å². The standard InChI is InChI=1S/C49H57N3O11.C2H6.CH4O/c1-26-13-12-14-28(3)48(56)51-41-42(54)38-37(40-46(41)61-35-25-32(15-16-33(35)50-40)58-22-20-52(8)18-10-11-19-52)39-45-30(5)44(38)62-36(24-27(2)23-26)43(60-31(6)53)29(4)34(57-9)17-21-59-49(7,63-45)47(39)55;2*1-2/h12-17,21,25-27,29,34,36,43H,10-11,18-20,22-24H2,1-9H3;1-2H3;2H,1H3/p+1/b13-12+,21-17+,28-14-;;/t26?,27-,29-,34+,36?,43?,49+;;/m1../s1. The van der Waals surface area contributed by atoms with E-state index in [4.69, 9.17) is 42.9 Å². The van der Waals surface area contributed by atoms with Gasteiger partial charge in [-0.1, -0.05) is 52.8 Å². The molecule has 2 aromatic rings. The lowest BCUT2D eigenvalue weighted by molar-refractivity contribution is -0.897. The number of carbonyl (C=O) groups is 3. The number of quaternary nitrogens is 1. The number of benzene rings is 3. The third-order valence-electron chi connectivity index (χ3n) is 13.2. The van der Waals surface area contributed by atoms with Gasteiger partial charge < -0.3 is 47.7 Å². The third kappa shape index (κ3) is 10.2. The molecule has 1 amide bonds. The number of ether oxygens (including phenoxy) is 6. The Morgan fingerprint density at radius 2 is 1.73 bits per heavy atom. The summed E-state index contributed by atoms with van der Waals surface area (Å²) in [4.78, 5) is 62.4. The highest BCUT2D eigenvalue weighted by molar-refractivity contribution is 6.22. The molecule has 0 aromatic heterocycles. The Kier molecular flexibility index (Phi) is 15.9. The smallest absolute Gasteiger partial charge is 0.312 e. The van der Waals surface area contributed by atoms with Gasteiger partial charge >= 0.3 is 11.8 Å². The number of rotatable bonds is 6. The highest BCUT2D eigenvalue weighted by Gasteiger charge is 2.51. The zero-order chi connectivity index (χ0) is 49.0. The van der Waals surface area contributed by atoms with E-state index in [9.17, 15) is 14.4 Å². The van der Waals surface area contributed by atoms with E-state index in [-0.39, 0.29) is 56.8 Å². The molecule has 362 valence electrons. The van der Waals surface area contributed by atoms with Crippen LogP contribution in [0.1, 0.15) is 97.0 Å². The van der Waals surface area contributed by atoms with Crippen molar-refractivity contribution in [3.8, 4) is 28.7 Å². The Hall–Kier alpha value is -5.77. The van der Waals surface area contributed by atoms with Crippen LogP contribution in [-0.4, -0.2) is 104 Å². The van der Waals surface area contributed by atoms with E-state index in [1.165, 1.54) is 40.1 Å². The minimum absolute atomic E-state index is 0.00698. The van der Waals surface area contributed by atoms with Crippen molar-refractivity contribution in [1.29, 1.82) is 0 Å². The first kappa shape index (κ1) is 50.6. The Balaban J connectivity index is 0.00000180. The van der Waals surface area contributed by atoms with Crippen molar-refractivity contribution >= 4 is 45.2 Å². The van der Waals surface area contributed by atoms with E-state index in [0.29, 0.717) is 41.0 Å². The molecular weight excluding hydrogens is 859 g/mol. The van der Waals surface area contributed by atoms with E-state index in [1.807, 2.05) is 39.0 Å². The summed E-state index contributed by atoms with van der Waals surface area (Å²) in [5.41, 5.74) is 0.673. The molecule has 0 saturated carbocycles. The van der Waals surface area contributed by atoms with Gasteiger partial charge in [0.15, 0.2) is 11.3 Å². The van der Waals surface area contributed by atoms with Crippen LogP contribution in [0.5, 0.6) is 17.2 Å². The zero-order valence-electron chi connectivity index (χ0n) is 41.1. The monoisotopic (exact) mass is 926 g/mol. The number of hydrogen-bond acceptors (Lipinski definition) is 13. The lowest BCUT2D eigenvalue weighted by atomic mass is 9.85. The highest BCUT2D eigenvalue weighted by atomic mass is 16.7. The molecule has 6 bridgehead atoms. The fourth-order valence-electron chi connectivity index (χ4n) is 9.70. The van der Waals surface area contributed by atoms with E-state index >= 15 is 4.79 Å². The maximum absolute atomic E-state index is 15.5. The summed E-state index contributed by atoms with van der Waals surface area (Å²) in [6.45, 7) is 19.9. The Bertz CT molecular complexity index is 2610. The van der Waals surface area contributed by atoms with Crippen molar-refractivity contribution in [3.63, 3.8) is 0 Å². The molecule has 67 heavy (non-hydrogen) atoms. The van der Waals surface area contributed by atoms with Gasteiger partial charge in [-0.25, -0.2) is 4.98 Å². The summed E-state index contributed by atoms with van der Waals surface area (Å²) >= 11 is 0. The number of esters is 1. The van der Waals surface area contributed by atoms with E-state index < -0.39 is 53.1 Å². The van der Waals surface area contributed by atoms with Gasteiger partial charge in [-0.3, -0.25) is 19.2 Å². The van der Waals surface area contributed by atoms with Crippen LogP contribution in [0, 0.1) is 24.7 Å². The topological polar surface area (TPSA) is 182 Å². The molecule has 3 unspecified atom stereocenters. The number of likely N-dealkylation sites (tertiary alicyclic amines) is 1. The average molecular weight is 927 g/mol. The second-order valence-electron chi connectivity index (χ2n) is 18.3. The molecule has 7 atom stereocenters. The van der Waals surface area contributed by atoms with Gasteiger partial charge in [-0.15, -0.1) is 0 Å². The van der Waals surface area contributed by atoms with Crippen molar-refractivity contribution in [3.05, 3.63) is 75.7 Å². The maximum atomic E-state index is 15.5. The average Bonchev–Trinajstić information content (AvgIpc) is 3.85. The number of methoxy groups -OCH3 is 1. The van der Waals surface area contributed by atoms with Crippen LogP contribution in [-0.2, 0) is 23.8 Å². The van der Waals surface area contributed by atoms with Crippen molar-refractivity contribution in [2.24, 2.45) is 17.8 Å². The lowest BCUT2D eigenvalue weighted by Crippen LogP contribution is -2.45. The number of aromatic nitrogens is 1. The molecular formula is C52H68N3O12+. The maximum Gasteiger partial charge on any atom is 0.312 e. The van der Waals surface area contributed by atoms with Crippen LogP contribution in [0.3, 0.4) is 0 Å². The summed E-state index contributed by atoms with van der Waals surface area (Å²) in [5.74, 6) is -3.22. The van der Waals surface area contributed by atoms with E-state index in [2.05, 4.69) is 26.2 Å². The Morgan fingerprint density at radius 1 is 1.01 bits per heavy atom. The third-order valence-corrected chi connectivity index (χ3v) is 13.2. The van der Waals surface area contributed by atoms with Gasteiger partial charge in [0.1, 0.15) is 59.5 Å². The summed E-state index contributed by atoms with van der Waals surface area (Å²) in [6.07, 6.45) is 9.68. The predicted molar refractivity (Wildman–Crippen MR) is 257 cm³/mol. The fourth-order valence-corrected chi connectivity index (χ4v) is 9.70. The predicted octanol–water partition coefficient (Wildman–Crippen LogP) is 8.68. The summed E-state index contributed by atoms with van der Waals surface area (Å²) in [7, 11) is 4.77. The van der Waals surface area contributed by atoms with Crippen molar-refractivity contribution in [2.75, 3.05) is 52.8 Å². The molecule has 6 aliphatic rings. The normalized spacial score (nSPS) is 27.4. The van der Waals surface area contributed by atoms with Crippen LogP contribution in [0.15, 0.2) is 63.6 Å². The number of ketones is 1. The van der Waals surface area contributed by atoms with Gasteiger partial charge in [0.2, 0.25) is 5.43 Å². The number of anilines is 1. The van der Waals surface area contributed by atoms with E-state index in [0.717, 1.165) is 37.6 Å². The number of amides is 1. The van der Waals surface area contributed by atoms with Crippen molar-refractivity contribution in [2.45, 2.75) is 112 Å². The first-order valence-electron chi connectivity index (χ1n) is 23.4. The van der Waals surface area contributed by atoms with Gasteiger partial charge in [-0.2, -0.15) is 0 Å². The summed E-state index contributed by atoms with van der Waals surface area (Å²) in [5, 5.41) is 9.94. The number of likely N-dealkylation sites (N-methyl/N-ethyl adjacent to an activating group) is 1. The Morgan fingerprint density at radius 3 is 2.42 bits per heavy atom. The highest BCUT2D eigenvalue weighted by Crippen LogP contribution is 2.51. The SMILES string of the molecule is CC.CO.CO[C@H]1/C=C/O[C@@]2(C)Oc3c(C)c4c5c(=O)c(c6oc7cc(OCC[N+]8(C)CCCC8)ccc7nc-6c5c3C2=O)NC(=O)/C(C)=C\C=C\C(C)C[C@@H](C)CC(O4)C(OC(C)=O)[C@@H]1C. The second-order valence-corrected chi connectivity index (χ2v) is 18.3. The molecule has 0 spiro atoms. The molecule has 0 radical (unpaired) electrons. The fraction of sp³-hybridized carbons (Fsp3) is 0.519. The van der Waals surface area contributed by atoms with Crippen LogP contribution >= 0.6 is 0 Å². The van der Waals surface area contributed by atoms with Crippen molar-refractivity contribution < 1.29 is 56.8 Å². The van der Waals surface area contributed by atoms with Crippen molar-refractivity contribution in [1.82, 2.24) is 4.98 Å². The molecule has 1 saturated heterocycles. The minimum atomic E-state index is -1.88. The second kappa shape index (κ2) is 21.0. The molecule has 5 heterocycles. The largest absolute Gasteiger partial charge is 0.488 e. The number of fused-ring (bicyclic) bond motifs is 8. The number of allylic oxidation sites excluding steroid dienone is 3. The quantitative estimate of drug-likeness (QED) is 0.0812. The number of nitrogens with one attached hydrogen (secondary N) is 1. The van der Waals surface area contributed by atoms with Crippen LogP contribution in [0.2, 0.25) is 0 Å². The molecule has 2 aromatic carbocycles. The number of aliphatic hydroxyl groups is 1. The molecule has 8 rings (SSSR count). The molecule has 15 heteroatoms. The minimum Gasteiger partial charge on any atom is -0.488 e. The first-order valence-corrected chi connectivity index (χ1v) is 23.4. The molecule has 1 fully saturated rings. The molecule has 2 N–H and O–H groups in total. The molecule has 5 aliphatic heterocycles. The van der Waals surface area contributed by atoms with Crippen LogP contribution in [0.4, 0.5) is 5.69 Å². The number of Topliss-reactive ketones (excluding diaryl/α,β-unsaturated/α-hetero) is 1. The van der Waals surface area contributed by atoms with Gasteiger partial charge in [0.05, 0.1) is 43.5 Å². The summed E-state index contributed by atoms with van der Waals surface area (Å²) in [6, 6.07) is 5.29.